The van der Waals surface area contributed by atoms with Crippen molar-refractivity contribution in [2.75, 3.05) is 20.6 Å². The summed E-state index contributed by atoms with van der Waals surface area (Å²) < 4.78 is 0. The van der Waals surface area contributed by atoms with Crippen LogP contribution >= 0.6 is 35.6 Å². The van der Waals surface area contributed by atoms with Crippen LogP contribution in [0.5, 0.6) is 0 Å². The molecular weight excluding hydrogens is 451 g/mol. The molecular formula is C18H28ClIN4O. The molecule has 0 saturated heterocycles. The predicted octanol–water partition coefficient (Wildman–Crippen LogP) is 3.41. The Balaban J connectivity index is 0.00000312. The van der Waals surface area contributed by atoms with E-state index in [1.165, 1.54) is 19.3 Å². The zero-order valence-corrected chi connectivity index (χ0v) is 18.0. The van der Waals surface area contributed by atoms with E-state index >= 15 is 0 Å². The maximum absolute atomic E-state index is 11.8. The highest BCUT2D eigenvalue weighted by molar-refractivity contribution is 14.0. The van der Waals surface area contributed by atoms with E-state index in [0.717, 1.165) is 18.4 Å². The van der Waals surface area contributed by atoms with E-state index < -0.39 is 0 Å². The van der Waals surface area contributed by atoms with Gasteiger partial charge in [0.2, 0.25) is 5.91 Å². The number of aliphatic imine (C=N–C) groups is 1. The van der Waals surface area contributed by atoms with E-state index in [1.807, 2.05) is 24.3 Å². The number of carbonyl (C=O) groups is 1. The molecule has 25 heavy (non-hydrogen) atoms. The quantitative estimate of drug-likeness (QED) is 0.387. The SMILES string of the molecule is CN(C)C(=O)CNC(=NCc1ccccc1Cl)NC1CCCCC1.I. The van der Waals surface area contributed by atoms with Crippen molar-refractivity contribution in [2.24, 2.45) is 4.99 Å². The molecule has 2 N–H and O–H groups in total. The van der Waals surface area contributed by atoms with Gasteiger partial charge in [-0.15, -0.1) is 24.0 Å². The third kappa shape index (κ3) is 7.81. The second-order valence-corrected chi connectivity index (χ2v) is 6.78. The standard InChI is InChI=1S/C18H27ClN4O.HI/c1-23(2)17(24)13-21-18(22-15-9-4-3-5-10-15)20-12-14-8-6-7-11-16(14)19;/h6-8,11,15H,3-5,9-10,12-13H2,1-2H3,(H2,20,21,22);1H. The van der Waals surface area contributed by atoms with Crippen molar-refractivity contribution in [1.29, 1.82) is 0 Å². The van der Waals surface area contributed by atoms with E-state index in [0.29, 0.717) is 23.6 Å². The molecule has 2 rings (SSSR count). The number of hydrogen-bond donors (Lipinski definition) is 2. The van der Waals surface area contributed by atoms with Crippen molar-refractivity contribution < 1.29 is 4.79 Å². The van der Waals surface area contributed by atoms with Gasteiger partial charge in [-0.25, -0.2) is 4.99 Å². The van der Waals surface area contributed by atoms with Crippen LogP contribution in [0.2, 0.25) is 5.02 Å². The van der Waals surface area contributed by atoms with Crippen molar-refractivity contribution in [2.45, 2.75) is 44.7 Å². The molecule has 1 fully saturated rings. The molecule has 1 aliphatic rings. The van der Waals surface area contributed by atoms with Gasteiger partial charge in [-0.1, -0.05) is 49.1 Å². The van der Waals surface area contributed by atoms with Crippen molar-refractivity contribution in [1.82, 2.24) is 15.5 Å². The second-order valence-electron chi connectivity index (χ2n) is 6.38. The molecule has 0 spiro atoms. The Hall–Kier alpha value is -1.02. The van der Waals surface area contributed by atoms with Crippen molar-refractivity contribution in [3.8, 4) is 0 Å². The topological polar surface area (TPSA) is 56.7 Å². The lowest BCUT2D eigenvalue weighted by Crippen LogP contribution is -2.47. The van der Waals surface area contributed by atoms with E-state index in [-0.39, 0.29) is 36.4 Å². The number of carbonyl (C=O) groups excluding carboxylic acids is 1. The molecule has 1 aromatic rings. The summed E-state index contributed by atoms with van der Waals surface area (Å²) in [5, 5.41) is 7.32. The summed E-state index contributed by atoms with van der Waals surface area (Å²) in [6.07, 6.45) is 6.08. The fourth-order valence-corrected chi connectivity index (χ4v) is 2.90. The summed E-state index contributed by atoms with van der Waals surface area (Å²) in [6.45, 7) is 0.714. The zero-order valence-electron chi connectivity index (χ0n) is 14.9. The van der Waals surface area contributed by atoms with E-state index in [2.05, 4.69) is 15.6 Å². The van der Waals surface area contributed by atoms with Crippen molar-refractivity contribution in [3.63, 3.8) is 0 Å². The van der Waals surface area contributed by atoms with Crippen LogP contribution in [0, 0.1) is 0 Å². The largest absolute Gasteiger partial charge is 0.354 e. The van der Waals surface area contributed by atoms with Crippen LogP contribution in [0.3, 0.4) is 0 Å². The molecule has 0 radical (unpaired) electrons. The summed E-state index contributed by atoms with van der Waals surface area (Å²) in [4.78, 5) is 18.0. The highest BCUT2D eigenvalue weighted by Gasteiger charge is 2.15. The first kappa shape index (κ1) is 22.0. The van der Waals surface area contributed by atoms with E-state index in [1.54, 1.807) is 19.0 Å². The lowest BCUT2D eigenvalue weighted by atomic mass is 9.96. The van der Waals surface area contributed by atoms with Gasteiger partial charge in [0.15, 0.2) is 5.96 Å². The lowest BCUT2D eigenvalue weighted by Gasteiger charge is -2.25. The number of nitrogens with zero attached hydrogens (tertiary/aromatic N) is 2. The molecule has 0 heterocycles. The Bertz CT molecular complexity index is 574. The van der Waals surface area contributed by atoms with Crippen LogP contribution in [0.1, 0.15) is 37.7 Å². The van der Waals surface area contributed by atoms with E-state index in [4.69, 9.17) is 11.6 Å². The van der Waals surface area contributed by atoms with Crippen LogP contribution in [0.4, 0.5) is 0 Å². The minimum Gasteiger partial charge on any atom is -0.354 e. The van der Waals surface area contributed by atoms with E-state index in [9.17, 15) is 4.79 Å². The van der Waals surface area contributed by atoms with Gasteiger partial charge in [-0.3, -0.25) is 4.79 Å². The molecule has 5 nitrogen and oxygen atoms in total. The molecule has 0 aliphatic heterocycles. The van der Waals surface area contributed by atoms with Gasteiger partial charge in [0.05, 0.1) is 13.1 Å². The van der Waals surface area contributed by atoms with Gasteiger partial charge >= 0.3 is 0 Å². The minimum atomic E-state index is 0. The fraction of sp³-hybridized carbons (Fsp3) is 0.556. The zero-order chi connectivity index (χ0) is 17.4. The van der Waals surface area contributed by atoms with Gasteiger partial charge in [-0.2, -0.15) is 0 Å². The van der Waals surface area contributed by atoms with Gasteiger partial charge < -0.3 is 15.5 Å². The smallest absolute Gasteiger partial charge is 0.241 e. The van der Waals surface area contributed by atoms with Crippen LogP contribution in [0.15, 0.2) is 29.3 Å². The minimum absolute atomic E-state index is 0. The first-order valence-corrected chi connectivity index (χ1v) is 8.92. The summed E-state index contributed by atoms with van der Waals surface area (Å²) in [7, 11) is 3.50. The second kappa shape index (κ2) is 11.6. The molecule has 1 saturated carbocycles. The predicted molar refractivity (Wildman–Crippen MR) is 115 cm³/mol. The number of amides is 1. The monoisotopic (exact) mass is 478 g/mol. The first-order chi connectivity index (χ1) is 11.6. The number of guanidine groups is 1. The number of benzene rings is 1. The fourth-order valence-electron chi connectivity index (χ4n) is 2.70. The Labute approximate surface area is 172 Å². The Morgan fingerprint density at radius 1 is 1.24 bits per heavy atom. The van der Waals surface area contributed by atoms with Gasteiger partial charge in [0.1, 0.15) is 0 Å². The summed E-state index contributed by atoms with van der Waals surface area (Å²) in [5.74, 6) is 0.697. The number of likely N-dealkylation sites (N-methyl/N-ethyl adjacent to an activating group) is 1. The molecule has 1 aromatic carbocycles. The first-order valence-electron chi connectivity index (χ1n) is 8.54. The van der Waals surface area contributed by atoms with Gasteiger partial charge in [0, 0.05) is 25.2 Å². The Morgan fingerprint density at radius 2 is 1.92 bits per heavy atom. The molecule has 1 aliphatic carbocycles. The van der Waals surface area contributed by atoms with Crippen LogP contribution in [0.25, 0.3) is 0 Å². The Morgan fingerprint density at radius 3 is 2.56 bits per heavy atom. The molecule has 7 heteroatoms. The number of hydrogen-bond acceptors (Lipinski definition) is 2. The maximum Gasteiger partial charge on any atom is 0.241 e. The highest BCUT2D eigenvalue weighted by Crippen LogP contribution is 2.18. The molecule has 1 amide bonds. The average molecular weight is 479 g/mol. The highest BCUT2D eigenvalue weighted by atomic mass is 127. The molecule has 0 unspecified atom stereocenters. The maximum atomic E-state index is 11.8. The van der Waals surface area contributed by atoms with Crippen LogP contribution < -0.4 is 10.6 Å². The normalized spacial score (nSPS) is 15.2. The van der Waals surface area contributed by atoms with Crippen molar-refractivity contribution >= 4 is 47.4 Å². The van der Waals surface area contributed by atoms with Crippen molar-refractivity contribution in [3.05, 3.63) is 34.9 Å². The molecule has 140 valence electrons. The summed E-state index contributed by atoms with van der Waals surface area (Å²) >= 11 is 6.20. The molecule has 0 atom stereocenters. The number of nitrogens with one attached hydrogen (secondary N) is 2. The molecule has 0 aromatic heterocycles. The van der Waals surface area contributed by atoms with Gasteiger partial charge in [-0.05, 0) is 24.5 Å². The summed E-state index contributed by atoms with van der Waals surface area (Å²) in [6, 6.07) is 8.11. The van der Waals surface area contributed by atoms with Crippen LogP contribution in [-0.4, -0.2) is 43.4 Å². The Kier molecular flexibility index (Phi) is 10.2. The van der Waals surface area contributed by atoms with Crippen LogP contribution in [-0.2, 0) is 11.3 Å². The number of rotatable bonds is 5. The summed E-state index contributed by atoms with van der Waals surface area (Å²) in [5.41, 5.74) is 0.975. The third-order valence-corrected chi connectivity index (χ3v) is 4.59. The average Bonchev–Trinajstić information content (AvgIpc) is 2.59. The number of halogens is 2. The molecule has 0 bridgehead atoms. The lowest BCUT2D eigenvalue weighted by molar-refractivity contribution is -0.127. The third-order valence-electron chi connectivity index (χ3n) is 4.22. The van der Waals surface area contributed by atoms with Gasteiger partial charge in [0.25, 0.3) is 0 Å².